The van der Waals surface area contributed by atoms with E-state index in [4.69, 9.17) is 4.74 Å². The summed E-state index contributed by atoms with van der Waals surface area (Å²) in [6.45, 7) is 4.36. The number of morpholine rings is 1. The molecule has 0 unspecified atom stereocenters. The standard InChI is InChI=1S/C12H16N4O2/c1-10(17)13-11-3-2-4-12(9-11)14-15-16-5-7-18-8-6-16/h2-4,9H,5-8H2,1H3,(H,13,17). The van der Waals surface area contributed by atoms with E-state index in [0.717, 1.165) is 18.8 Å². The number of carbonyl (C=O) groups excluding carboxylic acids is 1. The average Bonchev–Trinajstić information content (AvgIpc) is 2.37. The van der Waals surface area contributed by atoms with E-state index in [0.29, 0.717) is 18.9 Å². The van der Waals surface area contributed by atoms with E-state index in [9.17, 15) is 4.79 Å². The normalized spacial score (nSPS) is 15.9. The molecule has 0 aliphatic carbocycles. The lowest BCUT2D eigenvalue weighted by molar-refractivity contribution is -0.114. The van der Waals surface area contributed by atoms with Crippen LogP contribution >= 0.6 is 0 Å². The van der Waals surface area contributed by atoms with Crippen LogP contribution in [0.2, 0.25) is 0 Å². The van der Waals surface area contributed by atoms with Crippen molar-refractivity contribution in [3.63, 3.8) is 0 Å². The Balaban J connectivity index is 1.99. The minimum absolute atomic E-state index is 0.0998. The van der Waals surface area contributed by atoms with Crippen LogP contribution in [0.25, 0.3) is 0 Å². The van der Waals surface area contributed by atoms with Gasteiger partial charge >= 0.3 is 0 Å². The van der Waals surface area contributed by atoms with Crippen LogP contribution in [0.4, 0.5) is 11.4 Å². The van der Waals surface area contributed by atoms with Gasteiger partial charge in [-0.3, -0.25) is 9.80 Å². The summed E-state index contributed by atoms with van der Waals surface area (Å²) in [5.41, 5.74) is 1.44. The van der Waals surface area contributed by atoms with Crippen molar-refractivity contribution in [2.75, 3.05) is 31.6 Å². The molecule has 6 nitrogen and oxygen atoms in total. The molecule has 1 heterocycles. The summed E-state index contributed by atoms with van der Waals surface area (Å²) in [6, 6.07) is 7.27. The van der Waals surface area contributed by atoms with Crippen LogP contribution in [0.3, 0.4) is 0 Å². The largest absolute Gasteiger partial charge is 0.378 e. The van der Waals surface area contributed by atoms with Crippen LogP contribution in [0.15, 0.2) is 34.6 Å². The fourth-order valence-electron chi connectivity index (χ4n) is 1.61. The number of rotatable bonds is 3. The Morgan fingerprint density at radius 2 is 2.17 bits per heavy atom. The SMILES string of the molecule is CC(=O)Nc1cccc(N=NN2CCOCC2)c1. The van der Waals surface area contributed by atoms with Crippen LogP contribution < -0.4 is 5.32 Å². The second-order valence-corrected chi connectivity index (χ2v) is 3.99. The van der Waals surface area contributed by atoms with Gasteiger partial charge in [0.25, 0.3) is 0 Å². The molecule has 1 fully saturated rings. The van der Waals surface area contributed by atoms with E-state index in [2.05, 4.69) is 15.7 Å². The van der Waals surface area contributed by atoms with Crippen molar-refractivity contribution in [3.05, 3.63) is 24.3 Å². The third-order valence-electron chi connectivity index (χ3n) is 2.44. The van der Waals surface area contributed by atoms with Crippen LogP contribution in [-0.4, -0.2) is 37.2 Å². The third-order valence-corrected chi connectivity index (χ3v) is 2.44. The van der Waals surface area contributed by atoms with Gasteiger partial charge in [-0.05, 0) is 18.2 Å². The van der Waals surface area contributed by atoms with Crippen molar-refractivity contribution in [2.24, 2.45) is 10.3 Å². The topological polar surface area (TPSA) is 66.3 Å². The Morgan fingerprint density at radius 1 is 1.39 bits per heavy atom. The number of amides is 1. The van der Waals surface area contributed by atoms with Crippen molar-refractivity contribution in [2.45, 2.75) is 6.92 Å². The maximum atomic E-state index is 10.9. The molecule has 1 aromatic carbocycles. The molecular formula is C12H16N4O2. The summed E-state index contributed by atoms with van der Waals surface area (Å²) in [4.78, 5) is 10.9. The van der Waals surface area contributed by atoms with Gasteiger partial charge in [0.1, 0.15) is 0 Å². The quantitative estimate of drug-likeness (QED) is 0.832. The summed E-state index contributed by atoms with van der Waals surface area (Å²) in [5, 5.41) is 12.9. The first-order valence-electron chi connectivity index (χ1n) is 5.86. The Hall–Kier alpha value is -1.95. The van der Waals surface area contributed by atoms with Crippen molar-refractivity contribution in [1.82, 2.24) is 5.01 Å². The van der Waals surface area contributed by atoms with Crippen molar-refractivity contribution >= 4 is 17.3 Å². The molecule has 0 saturated carbocycles. The van der Waals surface area contributed by atoms with Crippen molar-refractivity contribution in [1.29, 1.82) is 0 Å². The second kappa shape index (κ2) is 6.11. The Labute approximate surface area is 106 Å². The van der Waals surface area contributed by atoms with E-state index in [1.165, 1.54) is 6.92 Å². The molecule has 0 aromatic heterocycles. The zero-order valence-electron chi connectivity index (χ0n) is 10.3. The minimum Gasteiger partial charge on any atom is -0.378 e. The summed E-state index contributed by atoms with van der Waals surface area (Å²) < 4.78 is 5.22. The van der Waals surface area contributed by atoms with Crippen LogP contribution in [0.1, 0.15) is 6.92 Å². The molecular weight excluding hydrogens is 232 g/mol. The number of nitrogens with one attached hydrogen (secondary N) is 1. The van der Waals surface area contributed by atoms with Crippen molar-refractivity contribution in [3.8, 4) is 0 Å². The molecule has 0 atom stereocenters. The van der Waals surface area contributed by atoms with Gasteiger partial charge in [-0.15, -0.1) is 5.11 Å². The third kappa shape index (κ3) is 3.81. The second-order valence-electron chi connectivity index (χ2n) is 3.99. The Morgan fingerprint density at radius 3 is 2.89 bits per heavy atom. The molecule has 6 heteroatoms. The number of hydrogen-bond donors (Lipinski definition) is 1. The minimum atomic E-state index is -0.0998. The Kier molecular flexibility index (Phi) is 4.25. The molecule has 1 aromatic rings. The maximum absolute atomic E-state index is 10.9. The molecule has 0 radical (unpaired) electrons. The molecule has 1 aliphatic heterocycles. The lowest BCUT2D eigenvalue weighted by Gasteiger charge is -2.22. The average molecular weight is 248 g/mol. The number of anilines is 1. The van der Waals surface area contributed by atoms with Gasteiger partial charge in [0, 0.05) is 12.6 Å². The fourth-order valence-corrected chi connectivity index (χ4v) is 1.61. The molecule has 18 heavy (non-hydrogen) atoms. The number of hydrogen-bond acceptors (Lipinski definition) is 4. The lowest BCUT2D eigenvalue weighted by atomic mass is 10.3. The molecule has 1 N–H and O–H groups in total. The van der Waals surface area contributed by atoms with Crippen LogP contribution in [0.5, 0.6) is 0 Å². The van der Waals surface area contributed by atoms with Gasteiger partial charge in [0.15, 0.2) is 0 Å². The summed E-state index contributed by atoms with van der Waals surface area (Å²) >= 11 is 0. The first-order chi connectivity index (χ1) is 8.74. The highest BCUT2D eigenvalue weighted by Gasteiger charge is 2.07. The van der Waals surface area contributed by atoms with Gasteiger partial charge in [0.2, 0.25) is 5.91 Å². The molecule has 1 amide bonds. The van der Waals surface area contributed by atoms with E-state index in [-0.39, 0.29) is 5.91 Å². The first kappa shape index (κ1) is 12.5. The highest BCUT2D eigenvalue weighted by Crippen LogP contribution is 2.18. The summed E-state index contributed by atoms with van der Waals surface area (Å²) in [7, 11) is 0. The van der Waals surface area contributed by atoms with Crippen molar-refractivity contribution < 1.29 is 9.53 Å². The zero-order chi connectivity index (χ0) is 12.8. The van der Waals surface area contributed by atoms with Gasteiger partial charge in [-0.2, -0.15) is 0 Å². The number of carbonyl (C=O) groups is 1. The monoisotopic (exact) mass is 248 g/mol. The number of ether oxygens (including phenoxy) is 1. The van der Waals surface area contributed by atoms with E-state index < -0.39 is 0 Å². The van der Waals surface area contributed by atoms with E-state index >= 15 is 0 Å². The summed E-state index contributed by atoms with van der Waals surface area (Å²) in [5.74, 6) is -0.0998. The maximum Gasteiger partial charge on any atom is 0.221 e. The molecule has 0 spiro atoms. The van der Waals surface area contributed by atoms with Gasteiger partial charge in [-0.25, -0.2) is 0 Å². The Bertz CT molecular complexity index is 441. The predicted octanol–water partition coefficient (Wildman–Crippen LogP) is 1.98. The molecule has 1 aliphatic rings. The molecule has 2 rings (SSSR count). The number of benzene rings is 1. The van der Waals surface area contributed by atoms with Gasteiger partial charge in [0.05, 0.1) is 32.0 Å². The van der Waals surface area contributed by atoms with Gasteiger partial charge < -0.3 is 10.1 Å². The van der Waals surface area contributed by atoms with Crippen LogP contribution in [0, 0.1) is 0 Å². The molecule has 0 bridgehead atoms. The number of nitrogens with zero attached hydrogens (tertiary/aromatic N) is 3. The highest BCUT2D eigenvalue weighted by atomic mass is 16.5. The van der Waals surface area contributed by atoms with Gasteiger partial charge in [-0.1, -0.05) is 11.3 Å². The van der Waals surface area contributed by atoms with Crippen LogP contribution in [-0.2, 0) is 9.53 Å². The zero-order valence-corrected chi connectivity index (χ0v) is 10.3. The smallest absolute Gasteiger partial charge is 0.221 e. The lowest BCUT2D eigenvalue weighted by Crippen LogP contribution is -2.31. The van der Waals surface area contributed by atoms with E-state index in [1.54, 1.807) is 6.07 Å². The van der Waals surface area contributed by atoms with E-state index in [1.807, 2.05) is 23.2 Å². The first-order valence-corrected chi connectivity index (χ1v) is 5.86. The molecule has 1 saturated heterocycles. The molecule has 96 valence electrons. The fraction of sp³-hybridized carbons (Fsp3) is 0.417. The summed E-state index contributed by atoms with van der Waals surface area (Å²) in [6.07, 6.45) is 0. The predicted molar refractivity (Wildman–Crippen MR) is 67.7 cm³/mol. The highest BCUT2D eigenvalue weighted by molar-refractivity contribution is 5.89.